The van der Waals surface area contributed by atoms with Gasteiger partial charge >= 0.3 is 0 Å². The van der Waals surface area contributed by atoms with E-state index < -0.39 is 15.8 Å². The van der Waals surface area contributed by atoms with Gasteiger partial charge in [0.2, 0.25) is 0 Å². The molecule has 0 aliphatic carbocycles. The van der Waals surface area contributed by atoms with Gasteiger partial charge < -0.3 is 9.79 Å². The largest absolute Gasteiger partial charge is 0.341 e. The van der Waals surface area contributed by atoms with Crippen molar-refractivity contribution in [1.82, 2.24) is 0 Å². The molecule has 0 fully saturated rings. The van der Waals surface area contributed by atoms with Gasteiger partial charge in [-0.05, 0) is 49.4 Å². The van der Waals surface area contributed by atoms with Crippen LogP contribution in [0.2, 0.25) is 0 Å². The standard InChI is InChI=1S/C18H41O2PS2/c1-13(2)9-17(10-14(3)4)23(21(19,20)22)18(11-15(5)6)12-16(7)8/h13-20,22H,9-12H2,1-8H3. The van der Waals surface area contributed by atoms with Crippen LogP contribution in [0.15, 0.2) is 0 Å². The third kappa shape index (κ3) is 10.6. The second kappa shape index (κ2) is 10.9. The van der Waals surface area contributed by atoms with Crippen LogP contribution in [0.4, 0.5) is 0 Å². The molecule has 0 aromatic rings. The molecule has 0 aliphatic heterocycles. The molecule has 2 nitrogen and oxygen atoms in total. The molecule has 0 atom stereocenters. The van der Waals surface area contributed by atoms with Crippen LogP contribution in [0.1, 0.15) is 81.1 Å². The van der Waals surface area contributed by atoms with Crippen molar-refractivity contribution in [2.24, 2.45) is 23.7 Å². The van der Waals surface area contributed by atoms with Crippen molar-refractivity contribution in [3.8, 4) is 0 Å². The maximum absolute atomic E-state index is 10.6. The number of hydrogen-bond acceptors (Lipinski definition) is 0. The number of rotatable bonds is 10. The van der Waals surface area contributed by atoms with Crippen molar-refractivity contribution in [2.45, 2.75) is 91.6 Å². The molecule has 0 aromatic carbocycles. The average Bonchev–Trinajstić information content (AvgIpc) is 2.22. The minimum absolute atomic E-state index is 0.373. The lowest BCUT2D eigenvalue weighted by molar-refractivity contribution is 0.466. The maximum atomic E-state index is 10.6. The summed E-state index contributed by atoms with van der Waals surface area (Å²) < 4.78 is 0. The predicted molar refractivity (Wildman–Crippen MR) is 113 cm³/mol. The van der Waals surface area contributed by atoms with Crippen molar-refractivity contribution >= 4 is 28.0 Å². The normalized spacial score (nSPS) is 13.8. The Morgan fingerprint density at radius 1 is 0.652 bits per heavy atom. The van der Waals surface area contributed by atoms with E-state index in [4.69, 9.17) is 0 Å². The van der Waals surface area contributed by atoms with Crippen molar-refractivity contribution < 1.29 is 9.79 Å². The summed E-state index contributed by atoms with van der Waals surface area (Å²) in [6.07, 6.45) is 4.27. The van der Waals surface area contributed by atoms with E-state index in [2.05, 4.69) is 67.6 Å². The third-order valence-electron chi connectivity index (χ3n) is 3.90. The molecule has 0 saturated heterocycles. The van der Waals surface area contributed by atoms with Gasteiger partial charge in [0.15, 0.2) is 5.69 Å². The summed E-state index contributed by atoms with van der Waals surface area (Å²) in [4.78, 5) is 21.2. The Balaban J connectivity index is 5.84. The summed E-state index contributed by atoms with van der Waals surface area (Å²) in [5.74, 6) is 2.31. The van der Waals surface area contributed by atoms with Gasteiger partial charge in [-0.25, -0.2) is 0 Å². The van der Waals surface area contributed by atoms with Crippen LogP contribution in [-0.4, -0.2) is 20.3 Å². The second-order valence-corrected chi connectivity index (χ2v) is 17.0. The molecule has 23 heavy (non-hydrogen) atoms. The van der Waals surface area contributed by atoms with Crippen LogP contribution >= 0.6 is 17.9 Å². The molecular formula is C18H41O2PS2. The van der Waals surface area contributed by atoms with E-state index in [1.165, 1.54) is 0 Å². The van der Waals surface area contributed by atoms with E-state index >= 15 is 0 Å². The van der Waals surface area contributed by atoms with Crippen molar-refractivity contribution in [2.75, 3.05) is 0 Å². The maximum Gasteiger partial charge on any atom is 0.199 e. The molecule has 0 aliphatic rings. The fourth-order valence-corrected chi connectivity index (χ4v) is 12.9. The van der Waals surface area contributed by atoms with Gasteiger partial charge in [0.1, 0.15) is 0 Å². The summed E-state index contributed by atoms with van der Waals surface area (Å²) >= 11 is 4.35. The molecule has 0 saturated carbocycles. The molecule has 0 unspecified atom stereocenters. The summed E-state index contributed by atoms with van der Waals surface area (Å²) in [6, 6.07) is 0. The van der Waals surface area contributed by atoms with Crippen molar-refractivity contribution in [1.29, 1.82) is 0 Å². The fraction of sp³-hybridized carbons (Fsp3) is 1.00. The Morgan fingerprint density at radius 2 is 0.870 bits per heavy atom. The molecule has 0 amide bonds. The van der Waals surface area contributed by atoms with Gasteiger partial charge in [-0.2, -0.15) is 0 Å². The van der Waals surface area contributed by atoms with Crippen molar-refractivity contribution in [3.05, 3.63) is 0 Å². The quantitative estimate of drug-likeness (QED) is 0.314. The van der Waals surface area contributed by atoms with E-state index in [0.717, 1.165) is 25.7 Å². The van der Waals surface area contributed by atoms with Gasteiger partial charge in [-0.3, -0.25) is 0 Å². The first kappa shape index (κ1) is 24.1. The minimum Gasteiger partial charge on any atom is -0.341 e. The van der Waals surface area contributed by atoms with Gasteiger partial charge in [-0.1, -0.05) is 67.6 Å². The zero-order valence-electron chi connectivity index (χ0n) is 16.5. The van der Waals surface area contributed by atoms with Crippen LogP contribution in [0, 0.1) is 23.7 Å². The summed E-state index contributed by atoms with van der Waals surface area (Å²) in [5, 5.41) is 0.747. The lowest BCUT2D eigenvalue weighted by Crippen LogP contribution is -2.31. The first-order valence-corrected chi connectivity index (χ1v) is 13.9. The molecule has 0 radical (unpaired) electrons. The molecule has 2 N–H and O–H groups in total. The van der Waals surface area contributed by atoms with E-state index in [-0.39, 0.29) is 0 Å². The van der Waals surface area contributed by atoms with E-state index in [0.29, 0.717) is 34.2 Å². The highest BCUT2D eigenvalue weighted by atomic mass is 32.9. The monoisotopic (exact) mass is 384 g/mol. The number of hydrogen-bond donors (Lipinski definition) is 3. The second-order valence-electron chi connectivity index (χ2n) is 8.62. The highest BCUT2D eigenvalue weighted by Crippen LogP contribution is 2.52. The zero-order chi connectivity index (χ0) is 18.4. The smallest absolute Gasteiger partial charge is 0.199 e. The fourth-order valence-electron chi connectivity index (χ4n) is 3.36. The third-order valence-corrected chi connectivity index (χ3v) is 11.8. The van der Waals surface area contributed by atoms with Crippen LogP contribution in [-0.2, 0) is 10.1 Å². The molecule has 0 aromatic heterocycles. The van der Waals surface area contributed by atoms with Gasteiger partial charge in [-0.15, -0.1) is 10.1 Å². The van der Waals surface area contributed by atoms with Crippen LogP contribution in [0.5, 0.6) is 0 Å². The Morgan fingerprint density at radius 3 is 1.00 bits per heavy atom. The van der Waals surface area contributed by atoms with Crippen LogP contribution in [0.25, 0.3) is 0 Å². The summed E-state index contributed by atoms with van der Waals surface area (Å²) in [6.45, 7) is 17.9. The summed E-state index contributed by atoms with van der Waals surface area (Å²) in [7, 11) is -0.413. The molecule has 0 bridgehead atoms. The highest BCUT2D eigenvalue weighted by molar-refractivity contribution is 8.66. The molecule has 0 rings (SSSR count). The average molecular weight is 385 g/mol. The van der Waals surface area contributed by atoms with Crippen LogP contribution < -0.4 is 0 Å². The van der Waals surface area contributed by atoms with E-state index in [1.807, 2.05) is 0 Å². The lowest BCUT2D eigenvalue weighted by Gasteiger charge is -2.35. The lowest BCUT2D eigenvalue weighted by atomic mass is 10.00. The molecule has 0 spiro atoms. The Kier molecular flexibility index (Phi) is 11.4. The molecular weight excluding hydrogens is 343 g/mol. The zero-order valence-corrected chi connectivity index (χ0v) is 19.1. The van der Waals surface area contributed by atoms with Crippen molar-refractivity contribution in [3.63, 3.8) is 0 Å². The Hall–Kier alpha value is 1.05. The minimum atomic E-state index is -3.14. The Labute approximate surface area is 153 Å². The van der Waals surface area contributed by atoms with Gasteiger partial charge in [0.05, 0.1) is 0 Å². The molecule has 0 heterocycles. The summed E-state index contributed by atoms with van der Waals surface area (Å²) in [5.41, 5.74) is -3.14. The first-order chi connectivity index (χ1) is 10.3. The molecule has 142 valence electrons. The Bertz CT molecular complexity index is 332. The topological polar surface area (TPSA) is 40.5 Å². The first-order valence-electron chi connectivity index (χ1n) is 9.14. The van der Waals surface area contributed by atoms with Crippen LogP contribution in [0.3, 0.4) is 0 Å². The van der Waals surface area contributed by atoms with E-state index in [9.17, 15) is 9.79 Å². The van der Waals surface area contributed by atoms with Gasteiger partial charge in [0, 0.05) is 10.5 Å². The van der Waals surface area contributed by atoms with Gasteiger partial charge in [0.25, 0.3) is 0 Å². The highest BCUT2D eigenvalue weighted by Gasteiger charge is 2.30. The predicted octanol–water partition coefficient (Wildman–Crippen LogP) is 6.12. The number of thiol groups is 1. The molecule has 5 heteroatoms. The van der Waals surface area contributed by atoms with E-state index in [1.54, 1.807) is 0 Å². The SMILES string of the molecule is CC(C)CC(CC(C)C)S(C(CC(C)C)CC(C)C)=P(O)(O)S.